The summed E-state index contributed by atoms with van der Waals surface area (Å²) in [4.78, 5) is 1.82. The summed E-state index contributed by atoms with van der Waals surface area (Å²) < 4.78 is 22.7. The minimum atomic E-state index is -3.75. The van der Waals surface area contributed by atoms with Crippen molar-refractivity contribution in [2.24, 2.45) is 5.14 Å². The molecule has 0 bridgehead atoms. The molecule has 118 valence electrons. The number of anilines is 3. The second kappa shape index (κ2) is 5.75. The maximum Gasteiger partial charge on any atom is 0.238 e. The minimum Gasteiger partial charge on any atom is -0.508 e. The number of aromatic nitrogens is 2. The van der Waals surface area contributed by atoms with Crippen LogP contribution in [0, 0.1) is 0 Å². The van der Waals surface area contributed by atoms with E-state index in [-0.39, 0.29) is 10.6 Å². The van der Waals surface area contributed by atoms with Crippen molar-refractivity contribution in [2.75, 3.05) is 4.90 Å². The highest BCUT2D eigenvalue weighted by molar-refractivity contribution is 7.89. The molecule has 1 heterocycles. The second-order valence-corrected chi connectivity index (χ2v) is 6.40. The number of nitrogens with two attached hydrogens (primary N) is 1. The highest BCUT2D eigenvalue weighted by Gasteiger charge is 2.15. The third-order valence-corrected chi connectivity index (χ3v) is 4.17. The van der Waals surface area contributed by atoms with Crippen LogP contribution >= 0.6 is 0 Å². The minimum absolute atomic E-state index is 0.0294. The van der Waals surface area contributed by atoms with Crippen molar-refractivity contribution in [3.63, 3.8) is 0 Å². The quantitative estimate of drug-likeness (QED) is 0.679. The van der Waals surface area contributed by atoms with Gasteiger partial charge in [0.05, 0.1) is 16.8 Å². The number of benzene rings is 2. The van der Waals surface area contributed by atoms with Gasteiger partial charge < -0.3 is 5.11 Å². The zero-order valence-corrected chi connectivity index (χ0v) is 12.7. The molecule has 3 rings (SSSR count). The van der Waals surface area contributed by atoms with Gasteiger partial charge >= 0.3 is 0 Å². The van der Waals surface area contributed by atoms with Gasteiger partial charge in [0, 0.05) is 17.8 Å². The molecule has 0 atom stereocenters. The zero-order chi connectivity index (χ0) is 16.4. The van der Waals surface area contributed by atoms with Crippen molar-refractivity contribution in [1.29, 1.82) is 0 Å². The van der Waals surface area contributed by atoms with Crippen LogP contribution in [0.2, 0.25) is 0 Å². The van der Waals surface area contributed by atoms with Crippen LogP contribution in [0.5, 0.6) is 5.75 Å². The van der Waals surface area contributed by atoms with Crippen molar-refractivity contribution < 1.29 is 13.5 Å². The second-order valence-electron chi connectivity index (χ2n) is 4.84. The van der Waals surface area contributed by atoms with Crippen LogP contribution in [0.4, 0.5) is 17.2 Å². The van der Waals surface area contributed by atoms with E-state index in [1.807, 2.05) is 6.07 Å². The van der Waals surface area contributed by atoms with Gasteiger partial charge in [-0.3, -0.25) is 10.00 Å². The predicted octanol–water partition coefficient (Wildman–Crippen LogP) is 2.23. The highest BCUT2D eigenvalue weighted by Crippen LogP contribution is 2.34. The molecular formula is C15H14N4O3S. The van der Waals surface area contributed by atoms with Crippen molar-refractivity contribution >= 4 is 27.2 Å². The molecule has 0 saturated heterocycles. The molecule has 8 heteroatoms. The number of rotatable bonds is 4. The molecule has 0 saturated carbocycles. The average molecular weight is 330 g/mol. The van der Waals surface area contributed by atoms with Crippen LogP contribution in [-0.2, 0) is 10.0 Å². The number of H-pyrrole nitrogens is 1. The van der Waals surface area contributed by atoms with Gasteiger partial charge in [-0.15, -0.1) is 0 Å². The summed E-state index contributed by atoms with van der Waals surface area (Å²) in [5.74, 6) is 0.784. The molecule has 0 aliphatic carbocycles. The molecule has 2 aromatic carbocycles. The van der Waals surface area contributed by atoms with Crippen LogP contribution in [-0.4, -0.2) is 23.7 Å². The van der Waals surface area contributed by atoms with E-state index in [0.29, 0.717) is 17.2 Å². The Balaban J connectivity index is 2.09. The standard InChI is InChI=1S/C15H14N4O3S/c16-23(21,22)14-6-4-11(5-7-14)19(15-8-9-17-18-15)12-2-1-3-13(20)10-12/h1-10,20H,(H,17,18)(H2,16,21,22). The van der Waals surface area contributed by atoms with Gasteiger partial charge in [0.2, 0.25) is 10.0 Å². The van der Waals surface area contributed by atoms with Gasteiger partial charge in [0.1, 0.15) is 11.6 Å². The maximum atomic E-state index is 11.4. The first-order chi connectivity index (χ1) is 10.9. The summed E-state index contributed by atoms with van der Waals surface area (Å²) in [6.45, 7) is 0. The van der Waals surface area contributed by atoms with E-state index in [9.17, 15) is 13.5 Å². The number of nitrogens with zero attached hydrogens (tertiary/aromatic N) is 2. The number of sulfonamides is 1. The smallest absolute Gasteiger partial charge is 0.238 e. The summed E-state index contributed by atoms with van der Waals surface area (Å²) in [6, 6.07) is 14.6. The molecule has 0 amide bonds. The largest absolute Gasteiger partial charge is 0.508 e. The van der Waals surface area contributed by atoms with Gasteiger partial charge in [-0.05, 0) is 36.4 Å². The summed E-state index contributed by atoms with van der Waals surface area (Å²) in [5.41, 5.74) is 1.38. The van der Waals surface area contributed by atoms with E-state index in [1.54, 1.807) is 47.5 Å². The Morgan fingerprint density at radius 2 is 1.78 bits per heavy atom. The van der Waals surface area contributed by atoms with Crippen molar-refractivity contribution in [1.82, 2.24) is 10.2 Å². The summed E-state index contributed by atoms with van der Waals surface area (Å²) >= 11 is 0. The van der Waals surface area contributed by atoms with Gasteiger partial charge in [0.25, 0.3) is 0 Å². The Hall–Kier alpha value is -2.84. The first kappa shape index (κ1) is 15.1. The number of aromatic hydroxyl groups is 1. The Kier molecular flexibility index (Phi) is 3.77. The Morgan fingerprint density at radius 1 is 1.04 bits per heavy atom. The Labute approximate surface area is 133 Å². The molecule has 4 N–H and O–H groups in total. The lowest BCUT2D eigenvalue weighted by Crippen LogP contribution is -2.13. The first-order valence-corrected chi connectivity index (χ1v) is 8.21. The lowest BCUT2D eigenvalue weighted by Gasteiger charge is -2.23. The van der Waals surface area contributed by atoms with Gasteiger partial charge in [-0.1, -0.05) is 6.07 Å². The number of hydrogen-bond donors (Lipinski definition) is 3. The van der Waals surface area contributed by atoms with E-state index in [0.717, 1.165) is 0 Å². The molecule has 0 aliphatic rings. The number of primary sulfonamides is 1. The van der Waals surface area contributed by atoms with Crippen LogP contribution in [0.25, 0.3) is 0 Å². The normalized spacial score (nSPS) is 11.3. The molecule has 0 unspecified atom stereocenters. The molecule has 7 nitrogen and oxygen atoms in total. The predicted molar refractivity (Wildman–Crippen MR) is 86.3 cm³/mol. The molecule has 0 radical (unpaired) electrons. The zero-order valence-electron chi connectivity index (χ0n) is 11.9. The summed E-state index contributed by atoms with van der Waals surface area (Å²) in [5, 5.41) is 21.6. The number of nitrogens with one attached hydrogen (secondary N) is 1. The fraction of sp³-hybridized carbons (Fsp3) is 0. The van der Waals surface area contributed by atoms with E-state index >= 15 is 0 Å². The van der Waals surface area contributed by atoms with Crippen LogP contribution < -0.4 is 10.0 Å². The van der Waals surface area contributed by atoms with Gasteiger partial charge in [-0.25, -0.2) is 13.6 Å². The van der Waals surface area contributed by atoms with E-state index in [4.69, 9.17) is 5.14 Å². The Bertz CT molecular complexity index is 906. The molecular weight excluding hydrogens is 316 g/mol. The topological polar surface area (TPSA) is 112 Å². The molecule has 0 aliphatic heterocycles. The van der Waals surface area contributed by atoms with E-state index in [2.05, 4.69) is 10.2 Å². The fourth-order valence-corrected chi connectivity index (χ4v) is 2.73. The highest BCUT2D eigenvalue weighted by atomic mass is 32.2. The molecule has 3 aromatic rings. The van der Waals surface area contributed by atoms with Crippen LogP contribution in [0.15, 0.2) is 65.7 Å². The van der Waals surface area contributed by atoms with Gasteiger partial charge in [0.15, 0.2) is 0 Å². The number of phenolic OH excluding ortho intramolecular Hbond substituents is 1. The fourth-order valence-electron chi connectivity index (χ4n) is 2.22. The summed E-state index contributed by atoms with van der Waals surface area (Å²) in [6.07, 6.45) is 1.60. The third kappa shape index (κ3) is 3.17. The summed E-state index contributed by atoms with van der Waals surface area (Å²) in [7, 11) is -3.75. The lowest BCUT2D eigenvalue weighted by atomic mass is 10.2. The molecule has 1 aromatic heterocycles. The van der Waals surface area contributed by atoms with Crippen LogP contribution in [0.3, 0.4) is 0 Å². The lowest BCUT2D eigenvalue weighted by molar-refractivity contribution is 0.475. The Morgan fingerprint density at radius 3 is 2.35 bits per heavy atom. The number of aromatic amines is 1. The molecule has 23 heavy (non-hydrogen) atoms. The monoisotopic (exact) mass is 330 g/mol. The number of hydrogen-bond acceptors (Lipinski definition) is 5. The van der Waals surface area contributed by atoms with Crippen molar-refractivity contribution in [2.45, 2.75) is 4.90 Å². The third-order valence-electron chi connectivity index (χ3n) is 3.24. The van der Waals surface area contributed by atoms with Crippen molar-refractivity contribution in [3.8, 4) is 5.75 Å². The van der Waals surface area contributed by atoms with E-state index < -0.39 is 10.0 Å². The molecule has 0 spiro atoms. The first-order valence-electron chi connectivity index (χ1n) is 6.66. The average Bonchev–Trinajstić information content (AvgIpc) is 3.01. The molecule has 0 fully saturated rings. The maximum absolute atomic E-state index is 11.4. The SMILES string of the molecule is NS(=O)(=O)c1ccc(N(c2cccc(O)c2)c2ccn[nH]2)cc1. The number of phenols is 1. The van der Waals surface area contributed by atoms with E-state index in [1.165, 1.54) is 12.1 Å². The van der Waals surface area contributed by atoms with Crippen LogP contribution in [0.1, 0.15) is 0 Å². The van der Waals surface area contributed by atoms with Gasteiger partial charge in [-0.2, -0.15) is 5.10 Å². The van der Waals surface area contributed by atoms with Crippen molar-refractivity contribution in [3.05, 3.63) is 60.8 Å².